The number of esters is 1. The molecule has 1 aliphatic heterocycles. The molecule has 1 spiro atoms. The Bertz CT molecular complexity index is 828. The zero-order valence-corrected chi connectivity index (χ0v) is 19.7. The Morgan fingerprint density at radius 3 is 2.44 bits per heavy atom. The van der Waals surface area contributed by atoms with Gasteiger partial charge in [-0.2, -0.15) is 0 Å². The van der Waals surface area contributed by atoms with E-state index in [2.05, 4.69) is 0 Å². The van der Waals surface area contributed by atoms with Gasteiger partial charge in [-0.15, -0.1) is 0 Å². The van der Waals surface area contributed by atoms with Crippen molar-refractivity contribution in [1.29, 1.82) is 0 Å². The summed E-state index contributed by atoms with van der Waals surface area (Å²) in [6.07, 6.45) is 1.53. The van der Waals surface area contributed by atoms with E-state index in [1.165, 1.54) is 0 Å². The van der Waals surface area contributed by atoms with Gasteiger partial charge in [-0.3, -0.25) is 14.4 Å². The number of rotatable bonds is 8. The van der Waals surface area contributed by atoms with E-state index in [4.69, 9.17) is 4.74 Å². The lowest BCUT2D eigenvalue weighted by atomic mass is 9.88. The molecule has 1 heterocycles. The number of carbonyl (C=O) groups excluding carboxylic acids is 3. The van der Waals surface area contributed by atoms with Crippen LogP contribution in [-0.2, 0) is 25.7 Å². The van der Waals surface area contributed by atoms with Crippen LogP contribution >= 0.6 is 0 Å². The first kappa shape index (κ1) is 24.2. The number of aliphatic hydroxyl groups is 1. The minimum atomic E-state index is -1.17. The van der Waals surface area contributed by atoms with Gasteiger partial charge in [-0.05, 0) is 42.6 Å². The van der Waals surface area contributed by atoms with Crippen molar-refractivity contribution in [2.24, 2.45) is 10.8 Å². The van der Waals surface area contributed by atoms with Gasteiger partial charge in [0.05, 0.1) is 13.0 Å². The summed E-state index contributed by atoms with van der Waals surface area (Å²) in [6.45, 7) is 8.58. The lowest BCUT2D eigenvalue weighted by Crippen LogP contribution is -2.52. The molecule has 32 heavy (non-hydrogen) atoms. The zero-order chi connectivity index (χ0) is 23.5. The van der Waals surface area contributed by atoms with E-state index in [0.717, 1.165) is 18.4 Å². The summed E-state index contributed by atoms with van der Waals surface area (Å²) in [7, 11) is 0. The fraction of sp³-hybridized carbons (Fsp3) is 0.640. The predicted octanol–water partition coefficient (Wildman–Crippen LogP) is 2.76. The summed E-state index contributed by atoms with van der Waals surface area (Å²) >= 11 is 0. The SMILES string of the molecule is CCOC(=O)CCN(Cc1ccccc1)C(=O)[C@H]1CC2(CC2)CN1C(=O)C(O)C(C)(C)C. The van der Waals surface area contributed by atoms with Crippen LogP contribution in [0.4, 0.5) is 0 Å². The Balaban J connectivity index is 1.81. The van der Waals surface area contributed by atoms with Crippen molar-refractivity contribution in [2.45, 2.75) is 72.1 Å². The van der Waals surface area contributed by atoms with E-state index >= 15 is 0 Å². The third kappa shape index (κ3) is 5.68. The topological polar surface area (TPSA) is 87.2 Å². The maximum absolute atomic E-state index is 13.7. The number of aliphatic hydroxyl groups excluding tert-OH is 1. The molecule has 2 atom stereocenters. The Morgan fingerprint density at radius 1 is 1.22 bits per heavy atom. The highest BCUT2D eigenvalue weighted by atomic mass is 16.5. The number of hydrogen-bond donors (Lipinski definition) is 1. The second-order valence-corrected chi connectivity index (χ2v) is 10.3. The number of nitrogens with zero attached hydrogens (tertiary/aromatic N) is 2. The molecule has 1 saturated heterocycles. The van der Waals surface area contributed by atoms with Crippen molar-refractivity contribution in [3.8, 4) is 0 Å². The van der Waals surface area contributed by atoms with E-state index in [0.29, 0.717) is 26.1 Å². The van der Waals surface area contributed by atoms with Crippen LogP contribution in [0.1, 0.15) is 58.9 Å². The molecule has 1 aliphatic carbocycles. The molecule has 1 aromatic rings. The van der Waals surface area contributed by atoms with E-state index in [1.807, 2.05) is 51.1 Å². The van der Waals surface area contributed by atoms with Crippen molar-refractivity contribution in [1.82, 2.24) is 9.80 Å². The van der Waals surface area contributed by atoms with Gasteiger partial charge in [0.25, 0.3) is 5.91 Å². The van der Waals surface area contributed by atoms with Crippen LogP contribution < -0.4 is 0 Å². The zero-order valence-electron chi connectivity index (χ0n) is 19.7. The van der Waals surface area contributed by atoms with Crippen LogP contribution in [0.3, 0.4) is 0 Å². The van der Waals surface area contributed by atoms with Gasteiger partial charge in [0.2, 0.25) is 5.91 Å². The summed E-state index contributed by atoms with van der Waals surface area (Å²) in [5.41, 5.74) is 0.335. The predicted molar refractivity (Wildman–Crippen MR) is 120 cm³/mol. The number of benzene rings is 1. The third-order valence-electron chi connectivity index (χ3n) is 6.51. The highest BCUT2D eigenvalue weighted by Gasteiger charge is 2.56. The van der Waals surface area contributed by atoms with Gasteiger partial charge in [0, 0.05) is 19.6 Å². The number of likely N-dealkylation sites (tertiary alicyclic amines) is 1. The minimum absolute atomic E-state index is 0.00680. The van der Waals surface area contributed by atoms with E-state index in [-0.39, 0.29) is 36.2 Å². The second-order valence-electron chi connectivity index (χ2n) is 10.3. The molecule has 1 N–H and O–H groups in total. The Morgan fingerprint density at radius 2 is 1.88 bits per heavy atom. The molecule has 1 aromatic carbocycles. The standard InChI is InChI=1S/C25H36N2O5/c1-5-32-20(28)11-14-26(16-18-9-7-6-8-10-18)22(30)19-15-25(12-13-25)17-27(19)23(31)21(29)24(2,3)4/h6-10,19,21,29H,5,11-17H2,1-4H3/t19-,21?/m1/s1. The third-order valence-corrected chi connectivity index (χ3v) is 6.51. The molecule has 0 radical (unpaired) electrons. The summed E-state index contributed by atoms with van der Waals surface area (Å²) in [5, 5.41) is 10.6. The van der Waals surface area contributed by atoms with E-state index < -0.39 is 17.6 Å². The molecule has 0 bridgehead atoms. The van der Waals surface area contributed by atoms with Crippen LogP contribution in [0.5, 0.6) is 0 Å². The highest BCUT2D eigenvalue weighted by Crippen LogP contribution is 2.55. The van der Waals surface area contributed by atoms with Crippen LogP contribution in [0.2, 0.25) is 0 Å². The highest BCUT2D eigenvalue weighted by molar-refractivity contribution is 5.91. The van der Waals surface area contributed by atoms with Crippen molar-refractivity contribution in [3.63, 3.8) is 0 Å². The molecule has 7 nitrogen and oxygen atoms in total. The van der Waals surface area contributed by atoms with Gasteiger partial charge >= 0.3 is 5.97 Å². The Hall–Kier alpha value is -2.41. The van der Waals surface area contributed by atoms with E-state index in [1.54, 1.807) is 16.7 Å². The molecule has 7 heteroatoms. The molecule has 1 unspecified atom stereocenters. The van der Waals surface area contributed by atoms with Gasteiger partial charge in [0.1, 0.15) is 12.1 Å². The summed E-state index contributed by atoms with van der Waals surface area (Å²) in [6, 6.07) is 8.99. The normalized spacial score (nSPS) is 20.2. The number of carbonyl (C=O) groups is 3. The van der Waals surface area contributed by atoms with Crippen molar-refractivity contribution in [3.05, 3.63) is 35.9 Å². The number of hydrogen-bond acceptors (Lipinski definition) is 5. The van der Waals surface area contributed by atoms with Crippen molar-refractivity contribution in [2.75, 3.05) is 19.7 Å². The van der Waals surface area contributed by atoms with Crippen LogP contribution in [0.25, 0.3) is 0 Å². The lowest BCUT2D eigenvalue weighted by Gasteiger charge is -2.34. The van der Waals surface area contributed by atoms with Crippen molar-refractivity contribution < 1.29 is 24.2 Å². The van der Waals surface area contributed by atoms with Gasteiger partial charge < -0.3 is 19.6 Å². The molecule has 2 fully saturated rings. The first-order chi connectivity index (χ1) is 15.1. The lowest BCUT2D eigenvalue weighted by molar-refractivity contribution is -0.153. The average molecular weight is 445 g/mol. The van der Waals surface area contributed by atoms with Gasteiger partial charge in [0.15, 0.2) is 0 Å². The fourth-order valence-electron chi connectivity index (χ4n) is 4.32. The Kier molecular flexibility index (Phi) is 7.28. The van der Waals surface area contributed by atoms with Gasteiger partial charge in [-0.1, -0.05) is 51.1 Å². The first-order valence-corrected chi connectivity index (χ1v) is 11.5. The monoisotopic (exact) mass is 444 g/mol. The van der Waals surface area contributed by atoms with Crippen LogP contribution in [-0.4, -0.2) is 64.5 Å². The van der Waals surface area contributed by atoms with E-state index in [9.17, 15) is 19.5 Å². The summed E-state index contributed by atoms with van der Waals surface area (Å²) in [5.74, 6) is -0.902. The number of ether oxygens (including phenoxy) is 1. The molecule has 1 saturated carbocycles. The molecule has 0 aromatic heterocycles. The molecule has 2 aliphatic rings. The Labute approximate surface area is 190 Å². The maximum atomic E-state index is 13.7. The quantitative estimate of drug-likeness (QED) is 0.623. The fourth-order valence-corrected chi connectivity index (χ4v) is 4.32. The largest absolute Gasteiger partial charge is 0.466 e. The number of amides is 2. The smallest absolute Gasteiger partial charge is 0.307 e. The molecular formula is C25H36N2O5. The first-order valence-electron chi connectivity index (χ1n) is 11.5. The second kappa shape index (κ2) is 9.61. The average Bonchev–Trinajstić information content (AvgIpc) is 3.40. The molecule has 2 amide bonds. The molecular weight excluding hydrogens is 408 g/mol. The molecule has 176 valence electrons. The maximum Gasteiger partial charge on any atom is 0.307 e. The minimum Gasteiger partial charge on any atom is -0.466 e. The summed E-state index contributed by atoms with van der Waals surface area (Å²) < 4.78 is 5.04. The van der Waals surface area contributed by atoms with Crippen LogP contribution in [0.15, 0.2) is 30.3 Å². The van der Waals surface area contributed by atoms with Crippen LogP contribution in [0, 0.1) is 10.8 Å². The van der Waals surface area contributed by atoms with Crippen molar-refractivity contribution >= 4 is 17.8 Å². The molecule has 3 rings (SSSR count). The van der Waals surface area contributed by atoms with Gasteiger partial charge in [-0.25, -0.2) is 0 Å². The summed E-state index contributed by atoms with van der Waals surface area (Å²) in [4.78, 5) is 42.1.